The molecule has 15 heavy (non-hydrogen) atoms. The summed E-state index contributed by atoms with van der Waals surface area (Å²) < 4.78 is 5.27. The average molecular weight is 225 g/mol. The Bertz CT molecular complexity index is 517. The van der Waals surface area contributed by atoms with Crippen LogP contribution in [0.2, 0.25) is 0 Å². The van der Waals surface area contributed by atoms with E-state index in [0.717, 1.165) is 11.5 Å². The van der Waals surface area contributed by atoms with Gasteiger partial charge in [-0.15, -0.1) is 0 Å². The first-order chi connectivity index (χ1) is 7.08. The molecular weight excluding hydrogens is 218 g/mol. The van der Waals surface area contributed by atoms with Crippen molar-refractivity contribution >= 4 is 23.2 Å². The minimum atomic E-state index is -1.16. The number of hydrogen-bond acceptors (Lipinski definition) is 6. The van der Waals surface area contributed by atoms with Crippen LogP contribution < -0.4 is 5.73 Å². The van der Waals surface area contributed by atoms with Gasteiger partial charge in [0.25, 0.3) is 0 Å². The van der Waals surface area contributed by atoms with Crippen LogP contribution in [0.3, 0.4) is 0 Å². The maximum absolute atomic E-state index is 10.7. The molecule has 0 unspecified atom stereocenters. The highest BCUT2D eigenvalue weighted by Crippen LogP contribution is 2.15. The summed E-state index contributed by atoms with van der Waals surface area (Å²) in [5, 5.41) is 13.0. The second kappa shape index (κ2) is 3.31. The molecule has 0 spiro atoms. The summed E-state index contributed by atoms with van der Waals surface area (Å²) in [7, 11) is 0. The van der Waals surface area contributed by atoms with Crippen molar-refractivity contribution in [2.45, 2.75) is 6.92 Å². The van der Waals surface area contributed by atoms with E-state index in [1.54, 1.807) is 6.92 Å². The number of nitrogen functional groups attached to an aromatic ring is 1. The van der Waals surface area contributed by atoms with Crippen LogP contribution in [0.25, 0.3) is 5.13 Å². The quantitative estimate of drug-likeness (QED) is 0.761. The Labute approximate surface area is 88.3 Å². The predicted octanol–water partition coefficient (Wildman–Crippen LogP) is 0.313. The Morgan fingerprint density at radius 1 is 1.67 bits per heavy atom. The van der Waals surface area contributed by atoms with Gasteiger partial charge in [-0.2, -0.15) is 9.47 Å². The monoisotopic (exact) mass is 225 g/mol. The van der Waals surface area contributed by atoms with Crippen LogP contribution in [0.4, 0.5) is 5.69 Å². The summed E-state index contributed by atoms with van der Waals surface area (Å²) in [6, 6.07) is 0. The van der Waals surface area contributed by atoms with Crippen LogP contribution in [-0.2, 0) is 0 Å². The summed E-state index contributed by atoms with van der Waals surface area (Å²) in [6.45, 7) is 1.74. The Hall–Kier alpha value is -1.96. The van der Waals surface area contributed by atoms with Gasteiger partial charge in [0, 0.05) is 11.5 Å². The zero-order chi connectivity index (χ0) is 11.0. The van der Waals surface area contributed by atoms with Crippen molar-refractivity contribution in [1.82, 2.24) is 19.1 Å². The molecule has 2 heterocycles. The minimum absolute atomic E-state index is 0.107. The second-order valence-electron chi connectivity index (χ2n) is 2.81. The molecule has 0 aliphatic rings. The standard InChI is InChI=1S/C7H7N5O2S/c1-3-9-7(15-11-3)12-2-4(8)5(10-12)6(13)14/h2H,8H2,1H3,(H,13,14). The van der Waals surface area contributed by atoms with Gasteiger partial charge in [-0.25, -0.2) is 14.5 Å². The normalized spacial score (nSPS) is 10.5. The number of aryl methyl sites for hydroxylation is 1. The molecule has 0 saturated carbocycles. The highest BCUT2D eigenvalue weighted by atomic mass is 32.1. The molecule has 2 rings (SSSR count). The van der Waals surface area contributed by atoms with Gasteiger partial charge < -0.3 is 10.8 Å². The van der Waals surface area contributed by atoms with E-state index in [9.17, 15) is 4.79 Å². The largest absolute Gasteiger partial charge is 0.476 e. The smallest absolute Gasteiger partial charge is 0.358 e. The Kier molecular flexibility index (Phi) is 2.12. The molecule has 0 atom stereocenters. The lowest BCUT2D eigenvalue weighted by Gasteiger charge is -1.90. The van der Waals surface area contributed by atoms with E-state index in [1.807, 2.05) is 0 Å². The number of rotatable bonds is 2. The topological polar surface area (TPSA) is 107 Å². The number of anilines is 1. The highest BCUT2D eigenvalue weighted by molar-refractivity contribution is 7.08. The lowest BCUT2D eigenvalue weighted by Crippen LogP contribution is -2.02. The summed E-state index contributed by atoms with van der Waals surface area (Å²) >= 11 is 1.13. The Balaban J connectivity index is 2.46. The number of nitrogens with zero attached hydrogens (tertiary/aromatic N) is 4. The van der Waals surface area contributed by atoms with Gasteiger partial charge in [0.05, 0.1) is 11.9 Å². The molecule has 0 aromatic carbocycles. The van der Waals surface area contributed by atoms with E-state index in [-0.39, 0.29) is 11.4 Å². The molecule has 7 nitrogen and oxygen atoms in total. The summed E-state index contributed by atoms with van der Waals surface area (Å²) in [5.41, 5.74) is 5.41. The Morgan fingerprint density at radius 2 is 2.40 bits per heavy atom. The van der Waals surface area contributed by atoms with E-state index in [1.165, 1.54) is 10.9 Å². The maximum atomic E-state index is 10.7. The molecule has 0 fully saturated rings. The molecule has 3 N–H and O–H groups in total. The molecule has 2 aromatic heterocycles. The molecule has 0 saturated heterocycles. The zero-order valence-corrected chi connectivity index (χ0v) is 8.52. The van der Waals surface area contributed by atoms with Crippen molar-refractivity contribution in [1.29, 1.82) is 0 Å². The zero-order valence-electron chi connectivity index (χ0n) is 7.71. The summed E-state index contributed by atoms with van der Waals surface area (Å²) in [5.74, 6) is -0.548. The number of carboxylic acid groups (broad SMARTS) is 1. The fraction of sp³-hybridized carbons (Fsp3) is 0.143. The molecule has 2 aromatic rings. The molecule has 0 aliphatic heterocycles. The molecule has 0 aliphatic carbocycles. The summed E-state index contributed by atoms with van der Waals surface area (Å²) in [4.78, 5) is 14.7. The average Bonchev–Trinajstić information content (AvgIpc) is 2.71. The van der Waals surface area contributed by atoms with Gasteiger partial charge in [0.1, 0.15) is 5.82 Å². The number of aromatic carboxylic acids is 1. The van der Waals surface area contributed by atoms with Crippen molar-refractivity contribution in [2.75, 3.05) is 5.73 Å². The van der Waals surface area contributed by atoms with Crippen LogP contribution in [0, 0.1) is 6.92 Å². The van der Waals surface area contributed by atoms with Gasteiger partial charge >= 0.3 is 5.97 Å². The number of aromatic nitrogens is 4. The van der Waals surface area contributed by atoms with E-state index >= 15 is 0 Å². The lowest BCUT2D eigenvalue weighted by molar-refractivity contribution is 0.0691. The first kappa shape index (κ1) is 9.59. The molecule has 78 valence electrons. The van der Waals surface area contributed by atoms with Crippen LogP contribution in [0.1, 0.15) is 16.3 Å². The fourth-order valence-corrected chi connectivity index (χ4v) is 1.64. The van der Waals surface area contributed by atoms with E-state index in [4.69, 9.17) is 10.8 Å². The van der Waals surface area contributed by atoms with E-state index in [0.29, 0.717) is 11.0 Å². The fourth-order valence-electron chi connectivity index (χ4n) is 1.03. The van der Waals surface area contributed by atoms with Crippen molar-refractivity contribution in [3.05, 3.63) is 17.7 Å². The molecular formula is C7H7N5O2S. The van der Waals surface area contributed by atoms with Gasteiger partial charge in [0.15, 0.2) is 5.69 Å². The predicted molar refractivity (Wildman–Crippen MR) is 53.1 cm³/mol. The lowest BCUT2D eigenvalue weighted by atomic mass is 10.4. The van der Waals surface area contributed by atoms with Crippen molar-refractivity contribution in [3.63, 3.8) is 0 Å². The van der Waals surface area contributed by atoms with Crippen LogP contribution in [-0.4, -0.2) is 30.2 Å². The number of carboxylic acids is 1. The third-order valence-corrected chi connectivity index (χ3v) is 2.46. The number of nitrogens with two attached hydrogens (primary N) is 1. The van der Waals surface area contributed by atoms with Crippen LogP contribution in [0.5, 0.6) is 0 Å². The van der Waals surface area contributed by atoms with Gasteiger partial charge in [-0.3, -0.25) is 0 Å². The first-order valence-electron chi connectivity index (χ1n) is 3.97. The molecule has 0 radical (unpaired) electrons. The van der Waals surface area contributed by atoms with Crippen LogP contribution in [0.15, 0.2) is 6.20 Å². The second-order valence-corrected chi connectivity index (χ2v) is 3.54. The van der Waals surface area contributed by atoms with Crippen LogP contribution >= 0.6 is 11.5 Å². The van der Waals surface area contributed by atoms with Crippen molar-refractivity contribution < 1.29 is 9.90 Å². The third kappa shape index (κ3) is 1.66. The SMILES string of the molecule is Cc1nsc(-n2cc(N)c(C(=O)O)n2)n1. The number of hydrogen-bond donors (Lipinski definition) is 2. The van der Waals surface area contributed by atoms with E-state index in [2.05, 4.69) is 14.5 Å². The van der Waals surface area contributed by atoms with E-state index < -0.39 is 5.97 Å². The van der Waals surface area contributed by atoms with Gasteiger partial charge in [0.2, 0.25) is 5.13 Å². The van der Waals surface area contributed by atoms with Crippen molar-refractivity contribution in [3.8, 4) is 5.13 Å². The molecule has 8 heteroatoms. The highest BCUT2D eigenvalue weighted by Gasteiger charge is 2.15. The van der Waals surface area contributed by atoms with Gasteiger partial charge in [-0.1, -0.05) is 0 Å². The summed E-state index contributed by atoms with van der Waals surface area (Å²) in [6.07, 6.45) is 1.41. The minimum Gasteiger partial charge on any atom is -0.476 e. The number of carbonyl (C=O) groups is 1. The van der Waals surface area contributed by atoms with Gasteiger partial charge in [-0.05, 0) is 6.92 Å². The first-order valence-corrected chi connectivity index (χ1v) is 4.74. The molecule has 0 bridgehead atoms. The maximum Gasteiger partial charge on any atom is 0.358 e. The third-order valence-electron chi connectivity index (χ3n) is 1.66. The Morgan fingerprint density at radius 3 is 2.87 bits per heavy atom. The molecule has 0 amide bonds. The van der Waals surface area contributed by atoms with Crippen molar-refractivity contribution in [2.24, 2.45) is 0 Å².